The molecule has 5 nitrogen and oxygen atoms in total. The topological polar surface area (TPSA) is 48.5 Å². The first-order valence-corrected chi connectivity index (χ1v) is 9.21. The number of pyridine rings is 1. The van der Waals surface area contributed by atoms with Crippen LogP contribution in [0.3, 0.4) is 0 Å². The number of urea groups is 1. The lowest BCUT2D eigenvalue weighted by molar-refractivity contribution is 0.186. The second-order valence-corrected chi connectivity index (χ2v) is 7.24. The van der Waals surface area contributed by atoms with Crippen molar-refractivity contribution in [2.24, 2.45) is 0 Å². The number of nitrogens with one attached hydrogen (secondary N) is 1. The first-order valence-electron chi connectivity index (χ1n) is 9.21. The van der Waals surface area contributed by atoms with E-state index >= 15 is 0 Å². The largest absolute Gasteiger partial charge is 0.336 e. The molecule has 1 fully saturated rings. The van der Waals surface area contributed by atoms with Gasteiger partial charge in [0.1, 0.15) is 0 Å². The zero-order valence-corrected chi connectivity index (χ0v) is 15.9. The van der Waals surface area contributed by atoms with E-state index in [4.69, 9.17) is 0 Å². The van der Waals surface area contributed by atoms with E-state index in [2.05, 4.69) is 54.4 Å². The summed E-state index contributed by atoms with van der Waals surface area (Å²) >= 11 is 0. The van der Waals surface area contributed by atoms with Crippen molar-refractivity contribution in [2.45, 2.75) is 38.4 Å². The van der Waals surface area contributed by atoms with Gasteiger partial charge >= 0.3 is 6.03 Å². The monoisotopic (exact) mass is 352 g/mol. The Kier molecular flexibility index (Phi) is 5.89. The average Bonchev–Trinajstić information content (AvgIpc) is 3.46. The van der Waals surface area contributed by atoms with Crippen LogP contribution in [-0.4, -0.2) is 47.5 Å². The van der Waals surface area contributed by atoms with Gasteiger partial charge in [-0.15, -0.1) is 0 Å². The standard InChI is InChI=1S/C21H28N4O/c1-16-7-4-5-9-19(16)20(24(2)3)14-23-21(26)25(18-10-11-18)15-17-8-6-12-22-13-17/h4-9,12-13,18,20H,10-11,14-15H2,1-3H3,(H,23,26)/t20-/m1/s1. The minimum Gasteiger partial charge on any atom is -0.336 e. The molecule has 2 aromatic rings. The fourth-order valence-corrected chi connectivity index (χ4v) is 3.26. The third-order valence-electron chi connectivity index (χ3n) is 4.94. The van der Waals surface area contributed by atoms with Gasteiger partial charge in [0.05, 0.1) is 6.04 Å². The molecule has 2 amide bonds. The van der Waals surface area contributed by atoms with Gasteiger partial charge in [0.15, 0.2) is 0 Å². The molecular weight excluding hydrogens is 324 g/mol. The summed E-state index contributed by atoms with van der Waals surface area (Å²) in [5.74, 6) is 0. The van der Waals surface area contributed by atoms with E-state index in [0.29, 0.717) is 19.1 Å². The van der Waals surface area contributed by atoms with E-state index in [1.807, 2.05) is 29.3 Å². The number of carbonyl (C=O) groups excluding carboxylic acids is 1. The van der Waals surface area contributed by atoms with Gasteiger partial charge in [-0.25, -0.2) is 4.79 Å². The van der Waals surface area contributed by atoms with Gasteiger partial charge in [-0.2, -0.15) is 0 Å². The Morgan fingerprint density at radius 3 is 2.62 bits per heavy atom. The fourth-order valence-electron chi connectivity index (χ4n) is 3.26. The van der Waals surface area contributed by atoms with E-state index in [1.165, 1.54) is 11.1 Å². The van der Waals surface area contributed by atoms with Crippen LogP contribution in [0.15, 0.2) is 48.8 Å². The molecule has 138 valence electrons. The molecule has 1 aromatic carbocycles. The lowest BCUT2D eigenvalue weighted by Gasteiger charge is -2.29. The van der Waals surface area contributed by atoms with Crippen molar-refractivity contribution in [3.05, 3.63) is 65.5 Å². The maximum Gasteiger partial charge on any atom is 0.318 e. The van der Waals surface area contributed by atoms with Crippen molar-refractivity contribution < 1.29 is 4.79 Å². The van der Waals surface area contributed by atoms with Crippen LogP contribution in [0.2, 0.25) is 0 Å². The van der Waals surface area contributed by atoms with Gasteiger partial charge < -0.3 is 15.1 Å². The van der Waals surface area contributed by atoms with Crippen molar-refractivity contribution in [2.75, 3.05) is 20.6 Å². The third kappa shape index (κ3) is 4.61. The molecule has 0 radical (unpaired) electrons. The van der Waals surface area contributed by atoms with Crippen LogP contribution in [-0.2, 0) is 6.54 Å². The molecule has 1 aliphatic rings. The zero-order valence-electron chi connectivity index (χ0n) is 15.9. The molecule has 0 saturated heterocycles. The van der Waals surface area contributed by atoms with Crippen LogP contribution in [0.4, 0.5) is 4.79 Å². The van der Waals surface area contributed by atoms with E-state index in [0.717, 1.165) is 18.4 Å². The number of carbonyl (C=O) groups is 1. The average molecular weight is 352 g/mol. The lowest BCUT2D eigenvalue weighted by Crippen LogP contribution is -2.44. The van der Waals surface area contributed by atoms with Crippen molar-refractivity contribution in [3.8, 4) is 0 Å². The number of benzene rings is 1. The first-order chi connectivity index (χ1) is 12.6. The minimum atomic E-state index is 0.0109. The van der Waals surface area contributed by atoms with Crippen LogP contribution in [0, 0.1) is 6.92 Å². The summed E-state index contributed by atoms with van der Waals surface area (Å²) in [7, 11) is 4.11. The predicted octanol–water partition coefficient (Wildman–Crippen LogP) is 3.37. The highest BCUT2D eigenvalue weighted by atomic mass is 16.2. The number of nitrogens with zero attached hydrogens (tertiary/aromatic N) is 3. The fraction of sp³-hybridized carbons (Fsp3) is 0.429. The van der Waals surface area contributed by atoms with Crippen LogP contribution in [0.1, 0.15) is 35.6 Å². The van der Waals surface area contributed by atoms with Crippen LogP contribution in [0.25, 0.3) is 0 Å². The molecule has 1 aliphatic carbocycles. The molecule has 26 heavy (non-hydrogen) atoms. The Bertz CT molecular complexity index is 728. The van der Waals surface area contributed by atoms with Crippen molar-refractivity contribution >= 4 is 6.03 Å². The van der Waals surface area contributed by atoms with E-state index in [1.54, 1.807) is 6.20 Å². The SMILES string of the molecule is Cc1ccccc1[C@@H](CNC(=O)N(Cc1cccnc1)C1CC1)N(C)C. The first kappa shape index (κ1) is 18.4. The Hall–Kier alpha value is -2.40. The Morgan fingerprint density at radius 1 is 1.23 bits per heavy atom. The molecule has 5 heteroatoms. The van der Waals surface area contributed by atoms with Crippen molar-refractivity contribution in [1.82, 2.24) is 20.1 Å². The van der Waals surface area contributed by atoms with Gasteiger partial charge in [-0.05, 0) is 56.6 Å². The summed E-state index contributed by atoms with van der Waals surface area (Å²) in [6, 6.07) is 12.8. The normalized spacial score (nSPS) is 14.9. The van der Waals surface area contributed by atoms with Gasteiger partial charge in [0.25, 0.3) is 0 Å². The summed E-state index contributed by atoms with van der Waals surface area (Å²) < 4.78 is 0. The molecule has 0 spiro atoms. The maximum absolute atomic E-state index is 12.8. The van der Waals surface area contributed by atoms with Crippen LogP contribution >= 0.6 is 0 Å². The van der Waals surface area contributed by atoms with Crippen molar-refractivity contribution in [3.63, 3.8) is 0 Å². The summed E-state index contributed by atoms with van der Waals surface area (Å²) in [5.41, 5.74) is 3.57. The Labute approximate surface area is 156 Å². The lowest BCUT2D eigenvalue weighted by atomic mass is 10.0. The molecule has 0 bridgehead atoms. The van der Waals surface area contributed by atoms with E-state index in [9.17, 15) is 4.79 Å². The number of likely N-dealkylation sites (N-methyl/N-ethyl adjacent to an activating group) is 1. The Balaban J connectivity index is 1.66. The highest BCUT2D eigenvalue weighted by Crippen LogP contribution is 2.28. The molecule has 3 rings (SSSR count). The minimum absolute atomic E-state index is 0.0109. The number of hydrogen-bond donors (Lipinski definition) is 1. The van der Waals surface area contributed by atoms with Crippen LogP contribution in [0.5, 0.6) is 0 Å². The van der Waals surface area contributed by atoms with Gasteiger partial charge in [0.2, 0.25) is 0 Å². The quantitative estimate of drug-likeness (QED) is 0.831. The van der Waals surface area contributed by atoms with Gasteiger partial charge in [0, 0.05) is 31.5 Å². The van der Waals surface area contributed by atoms with Crippen LogP contribution < -0.4 is 5.32 Å². The van der Waals surface area contributed by atoms with E-state index < -0.39 is 0 Å². The molecule has 0 unspecified atom stereocenters. The smallest absolute Gasteiger partial charge is 0.318 e. The van der Waals surface area contributed by atoms with E-state index in [-0.39, 0.29) is 12.1 Å². The highest BCUT2D eigenvalue weighted by molar-refractivity contribution is 5.75. The molecule has 1 N–H and O–H groups in total. The second-order valence-electron chi connectivity index (χ2n) is 7.24. The van der Waals surface area contributed by atoms with Gasteiger partial charge in [-0.1, -0.05) is 30.3 Å². The number of hydrogen-bond acceptors (Lipinski definition) is 3. The molecule has 1 saturated carbocycles. The van der Waals surface area contributed by atoms with Gasteiger partial charge in [-0.3, -0.25) is 4.98 Å². The molecule has 1 heterocycles. The second kappa shape index (κ2) is 8.32. The Morgan fingerprint density at radius 2 is 2.00 bits per heavy atom. The number of rotatable bonds is 7. The number of aromatic nitrogens is 1. The summed E-state index contributed by atoms with van der Waals surface area (Å²) in [4.78, 5) is 21.1. The summed E-state index contributed by atoms with van der Waals surface area (Å²) in [6.45, 7) is 3.32. The summed E-state index contributed by atoms with van der Waals surface area (Å²) in [6.07, 6.45) is 5.76. The maximum atomic E-state index is 12.8. The third-order valence-corrected chi connectivity index (χ3v) is 4.94. The number of aryl methyl sites for hydroxylation is 1. The molecule has 1 atom stereocenters. The molecule has 0 aliphatic heterocycles. The molecular formula is C21H28N4O. The van der Waals surface area contributed by atoms with Crippen molar-refractivity contribution in [1.29, 1.82) is 0 Å². The number of amides is 2. The molecule has 1 aromatic heterocycles. The predicted molar refractivity (Wildman–Crippen MR) is 104 cm³/mol. The zero-order chi connectivity index (χ0) is 18.5. The highest BCUT2D eigenvalue weighted by Gasteiger charge is 2.33. The summed E-state index contributed by atoms with van der Waals surface area (Å²) in [5, 5.41) is 3.16.